The van der Waals surface area contributed by atoms with E-state index >= 15 is 0 Å². The number of benzene rings is 2. The second-order valence-corrected chi connectivity index (χ2v) is 6.47. The Kier molecular flexibility index (Phi) is 3.92. The maximum atomic E-state index is 10.1. The van der Waals surface area contributed by atoms with Crippen LogP contribution in [0.1, 0.15) is 5.56 Å². The summed E-state index contributed by atoms with van der Waals surface area (Å²) in [6.07, 6.45) is 0. The Labute approximate surface area is 129 Å². The Balaban J connectivity index is 1.93. The number of nitrogens with one attached hydrogen (secondary N) is 1. The Morgan fingerprint density at radius 3 is 2.82 bits per heavy atom. The molecule has 1 aliphatic heterocycles. The summed E-state index contributed by atoms with van der Waals surface area (Å²) < 4.78 is 34.1. The molecule has 0 aliphatic carbocycles. The number of fused-ring (bicyclic) bond motifs is 1. The van der Waals surface area contributed by atoms with E-state index in [0.717, 1.165) is 0 Å². The van der Waals surface area contributed by atoms with Crippen LogP contribution in [0.5, 0.6) is 17.2 Å². The van der Waals surface area contributed by atoms with Crippen LogP contribution in [0.3, 0.4) is 0 Å². The Morgan fingerprint density at radius 2 is 2.00 bits per heavy atom. The van der Waals surface area contributed by atoms with Gasteiger partial charge >= 0.3 is 0 Å². The van der Waals surface area contributed by atoms with E-state index in [1.165, 1.54) is 6.07 Å². The third-order valence-corrected chi connectivity index (χ3v) is 4.62. The summed E-state index contributed by atoms with van der Waals surface area (Å²) in [5, 5.41) is 8.89. The molecular weight excluding hydrogens is 304 g/mol. The van der Waals surface area contributed by atoms with Gasteiger partial charge in [0.05, 0.1) is 11.6 Å². The van der Waals surface area contributed by atoms with Crippen LogP contribution >= 0.6 is 10.8 Å². The lowest BCUT2D eigenvalue weighted by Gasteiger charge is -2.31. The first kappa shape index (κ1) is 14.7. The highest BCUT2D eigenvalue weighted by Crippen LogP contribution is 2.51. The molecule has 6 nitrogen and oxygen atoms in total. The highest BCUT2D eigenvalue weighted by molar-refractivity contribution is 8.22. The molecular formula is C15H14N2O4S. The average Bonchev–Trinajstić information content (AvgIpc) is 2.66. The smallest absolute Gasteiger partial charge is 0.144 e. The third kappa shape index (κ3) is 3.00. The topological polar surface area (TPSA) is 94.7 Å². The van der Waals surface area contributed by atoms with Gasteiger partial charge in [-0.3, -0.25) is 9.11 Å². The van der Waals surface area contributed by atoms with E-state index in [-0.39, 0.29) is 4.90 Å². The van der Waals surface area contributed by atoms with Gasteiger partial charge in [-0.25, -0.2) is 4.72 Å². The summed E-state index contributed by atoms with van der Waals surface area (Å²) in [5.41, 5.74) is 0.488. The second kappa shape index (κ2) is 5.87. The van der Waals surface area contributed by atoms with Gasteiger partial charge in [0.1, 0.15) is 28.8 Å². The first-order valence-corrected chi connectivity index (χ1v) is 8.11. The predicted molar refractivity (Wildman–Crippen MR) is 82.3 cm³/mol. The van der Waals surface area contributed by atoms with Crippen LogP contribution in [0.15, 0.2) is 47.4 Å². The molecule has 2 aromatic carbocycles. The van der Waals surface area contributed by atoms with Gasteiger partial charge in [0, 0.05) is 12.6 Å². The fourth-order valence-electron chi connectivity index (χ4n) is 2.08. The highest BCUT2D eigenvalue weighted by atomic mass is 32.3. The number of rotatable bonds is 2. The van der Waals surface area contributed by atoms with Crippen molar-refractivity contribution in [2.75, 3.05) is 13.2 Å². The Hall–Kier alpha value is -2.24. The van der Waals surface area contributed by atoms with Crippen LogP contribution in [-0.4, -0.2) is 22.3 Å². The molecule has 0 atom stereocenters. The minimum atomic E-state index is -3.11. The van der Waals surface area contributed by atoms with Gasteiger partial charge in [0.15, 0.2) is 0 Å². The average molecular weight is 318 g/mol. The van der Waals surface area contributed by atoms with E-state index in [1.54, 1.807) is 36.4 Å². The minimum Gasteiger partial charge on any atom is -0.490 e. The molecule has 0 saturated heterocycles. The van der Waals surface area contributed by atoms with Crippen molar-refractivity contribution in [1.29, 1.82) is 5.26 Å². The van der Waals surface area contributed by atoms with E-state index in [1.807, 2.05) is 6.07 Å². The van der Waals surface area contributed by atoms with E-state index < -0.39 is 10.8 Å². The largest absolute Gasteiger partial charge is 0.490 e. The van der Waals surface area contributed by atoms with Crippen molar-refractivity contribution >= 4 is 10.8 Å². The van der Waals surface area contributed by atoms with Crippen LogP contribution in [0.25, 0.3) is 0 Å². The second-order valence-electron chi connectivity index (χ2n) is 4.64. The lowest BCUT2D eigenvalue weighted by Crippen LogP contribution is -2.21. The van der Waals surface area contributed by atoms with E-state index in [9.17, 15) is 9.11 Å². The lowest BCUT2D eigenvalue weighted by molar-refractivity contribution is 0.320. The molecule has 1 heterocycles. The molecule has 0 bridgehead atoms. The standard InChI is InChI=1S/C15H14N2O4S/c16-10-11-2-1-3-12(8-11)21-13-4-5-14-15(9-13)22(18,19)17-6-7-20-14/h1-5,8-9,17-19H,6-7H2. The Morgan fingerprint density at radius 1 is 1.18 bits per heavy atom. The molecule has 0 amide bonds. The quantitative estimate of drug-likeness (QED) is 0.786. The highest BCUT2D eigenvalue weighted by Gasteiger charge is 2.24. The van der Waals surface area contributed by atoms with Crippen LogP contribution in [-0.2, 0) is 0 Å². The molecule has 0 fully saturated rings. The van der Waals surface area contributed by atoms with Crippen molar-refractivity contribution in [2.24, 2.45) is 0 Å². The number of nitriles is 1. The van der Waals surface area contributed by atoms with Crippen LogP contribution < -0.4 is 14.2 Å². The summed E-state index contributed by atoms with van der Waals surface area (Å²) in [7, 11) is -3.11. The Bertz CT molecular complexity index is 743. The van der Waals surface area contributed by atoms with Gasteiger partial charge < -0.3 is 9.47 Å². The third-order valence-electron chi connectivity index (χ3n) is 3.08. The fraction of sp³-hybridized carbons (Fsp3) is 0.133. The molecule has 2 aromatic rings. The molecule has 0 unspecified atom stereocenters. The van der Waals surface area contributed by atoms with Crippen molar-refractivity contribution in [2.45, 2.75) is 4.90 Å². The SMILES string of the molecule is N#Cc1cccc(Oc2ccc3c(c2)S(O)(O)NCCO3)c1. The van der Waals surface area contributed by atoms with Crippen molar-refractivity contribution in [3.8, 4) is 23.3 Å². The predicted octanol–water partition coefficient (Wildman–Crippen LogP) is 3.36. The molecule has 0 aromatic heterocycles. The maximum Gasteiger partial charge on any atom is 0.144 e. The zero-order valence-electron chi connectivity index (χ0n) is 11.5. The van der Waals surface area contributed by atoms with Crippen molar-refractivity contribution < 1.29 is 18.6 Å². The molecule has 0 radical (unpaired) electrons. The zero-order valence-corrected chi connectivity index (χ0v) is 12.3. The molecule has 3 rings (SSSR count). The molecule has 0 spiro atoms. The monoisotopic (exact) mass is 318 g/mol. The fourth-order valence-corrected chi connectivity index (χ4v) is 3.29. The van der Waals surface area contributed by atoms with Gasteiger partial charge in [0.25, 0.3) is 0 Å². The van der Waals surface area contributed by atoms with E-state index in [4.69, 9.17) is 14.7 Å². The van der Waals surface area contributed by atoms with Gasteiger partial charge in [-0.2, -0.15) is 5.26 Å². The van der Waals surface area contributed by atoms with Crippen molar-refractivity contribution in [3.05, 3.63) is 48.0 Å². The molecule has 114 valence electrons. The van der Waals surface area contributed by atoms with E-state index in [2.05, 4.69) is 4.72 Å². The first-order valence-electron chi connectivity index (χ1n) is 6.56. The number of hydrogen-bond acceptors (Lipinski definition) is 6. The van der Waals surface area contributed by atoms with Gasteiger partial charge in [0.2, 0.25) is 0 Å². The number of hydrogen-bond donors (Lipinski definition) is 3. The summed E-state index contributed by atoms with van der Waals surface area (Å²) >= 11 is 0. The van der Waals surface area contributed by atoms with Gasteiger partial charge in [-0.05, 0) is 30.3 Å². The molecule has 22 heavy (non-hydrogen) atoms. The maximum absolute atomic E-state index is 10.1. The molecule has 1 aliphatic rings. The van der Waals surface area contributed by atoms with Gasteiger partial charge in [-0.15, -0.1) is 10.8 Å². The molecule has 0 saturated carbocycles. The van der Waals surface area contributed by atoms with Crippen LogP contribution in [0.4, 0.5) is 0 Å². The minimum absolute atomic E-state index is 0.263. The van der Waals surface area contributed by atoms with Crippen LogP contribution in [0.2, 0.25) is 0 Å². The van der Waals surface area contributed by atoms with Gasteiger partial charge in [-0.1, -0.05) is 6.07 Å². The number of nitrogens with zero attached hydrogens (tertiary/aromatic N) is 1. The molecule has 7 heteroatoms. The summed E-state index contributed by atoms with van der Waals surface area (Å²) in [6, 6.07) is 13.6. The van der Waals surface area contributed by atoms with Crippen LogP contribution in [0, 0.1) is 11.3 Å². The summed E-state index contributed by atoms with van der Waals surface area (Å²) in [5.74, 6) is 1.35. The normalized spacial score (nSPS) is 17.3. The zero-order chi connectivity index (χ0) is 15.6. The molecule has 3 N–H and O–H groups in total. The number of ether oxygens (including phenoxy) is 2. The van der Waals surface area contributed by atoms with Crippen molar-refractivity contribution in [3.63, 3.8) is 0 Å². The van der Waals surface area contributed by atoms with Crippen molar-refractivity contribution in [1.82, 2.24) is 4.72 Å². The lowest BCUT2D eigenvalue weighted by atomic mass is 10.2. The summed E-state index contributed by atoms with van der Waals surface area (Å²) in [6.45, 7) is 0.699. The summed E-state index contributed by atoms with van der Waals surface area (Å²) in [4.78, 5) is 0.263. The van der Waals surface area contributed by atoms with E-state index in [0.29, 0.717) is 36.0 Å². The first-order chi connectivity index (χ1) is 10.6.